The van der Waals surface area contributed by atoms with Crippen molar-refractivity contribution < 1.29 is 9.53 Å². The van der Waals surface area contributed by atoms with Gasteiger partial charge in [0.15, 0.2) is 0 Å². The van der Waals surface area contributed by atoms with E-state index in [4.69, 9.17) is 9.72 Å². The third-order valence-corrected chi connectivity index (χ3v) is 5.38. The lowest BCUT2D eigenvalue weighted by atomic mass is 10.1. The van der Waals surface area contributed by atoms with Crippen LogP contribution in [0.15, 0.2) is 42.5 Å². The number of carbonyl (C=O) groups is 1. The van der Waals surface area contributed by atoms with Crippen molar-refractivity contribution in [2.45, 2.75) is 46.3 Å². The Morgan fingerprint density at radius 2 is 1.97 bits per heavy atom. The number of hydrogen-bond acceptors (Lipinski definition) is 5. The molecule has 6 heteroatoms. The van der Waals surface area contributed by atoms with Gasteiger partial charge in [-0.05, 0) is 50.6 Å². The van der Waals surface area contributed by atoms with Crippen molar-refractivity contribution in [1.82, 2.24) is 10.3 Å². The quantitative estimate of drug-likeness (QED) is 0.736. The minimum absolute atomic E-state index is 0.00678. The Labute approximate surface area is 173 Å². The van der Waals surface area contributed by atoms with Crippen LogP contribution in [0.2, 0.25) is 0 Å². The molecule has 1 amide bonds. The van der Waals surface area contributed by atoms with Gasteiger partial charge < -0.3 is 19.9 Å². The Morgan fingerprint density at radius 3 is 2.62 bits per heavy atom. The molecular formula is C23H32N4O2. The van der Waals surface area contributed by atoms with Crippen LogP contribution in [-0.4, -0.2) is 43.2 Å². The lowest BCUT2D eigenvalue weighted by molar-refractivity contribution is -0.119. The minimum atomic E-state index is -0.0254. The number of benzene rings is 1. The van der Waals surface area contributed by atoms with Crippen LogP contribution in [0, 0.1) is 0 Å². The molecule has 1 aliphatic heterocycles. The second-order valence-electron chi connectivity index (χ2n) is 7.49. The second kappa shape index (κ2) is 9.63. The van der Waals surface area contributed by atoms with Crippen LogP contribution in [0.1, 0.15) is 45.7 Å². The highest BCUT2D eigenvalue weighted by Gasteiger charge is 2.25. The smallest absolute Gasteiger partial charge is 0.217 e. The largest absolute Gasteiger partial charge is 0.489 e. The standard InChI is InChI=1S/C23H32N4O2/c1-5-26(6-2)22-8-7-9-23(25-22)27-15-14-21(16-27)29-20-12-10-19(11-13-20)17(3)24-18(4)28/h7-13,17,21H,5-6,14-16H2,1-4H3,(H,24,28)/t17-,21+/m0/s1. The number of hydrogen-bond donors (Lipinski definition) is 1. The molecule has 0 spiro atoms. The highest BCUT2D eigenvalue weighted by atomic mass is 16.5. The summed E-state index contributed by atoms with van der Waals surface area (Å²) >= 11 is 0. The second-order valence-corrected chi connectivity index (χ2v) is 7.49. The van der Waals surface area contributed by atoms with Crippen LogP contribution in [0.3, 0.4) is 0 Å². The maximum atomic E-state index is 11.2. The number of nitrogens with zero attached hydrogens (tertiary/aromatic N) is 3. The van der Waals surface area contributed by atoms with Crippen molar-refractivity contribution in [1.29, 1.82) is 0 Å². The van der Waals surface area contributed by atoms with Gasteiger partial charge in [0.05, 0.1) is 12.6 Å². The lowest BCUT2D eigenvalue weighted by Gasteiger charge is -2.23. The molecule has 0 saturated carbocycles. The van der Waals surface area contributed by atoms with Gasteiger partial charge in [0.1, 0.15) is 23.5 Å². The summed E-state index contributed by atoms with van der Waals surface area (Å²) in [4.78, 5) is 20.6. The Morgan fingerprint density at radius 1 is 1.24 bits per heavy atom. The molecule has 1 N–H and O–H groups in total. The number of nitrogens with one attached hydrogen (secondary N) is 1. The molecule has 1 saturated heterocycles. The molecule has 2 atom stereocenters. The Balaban J connectivity index is 1.59. The summed E-state index contributed by atoms with van der Waals surface area (Å²) in [5.74, 6) is 2.88. The van der Waals surface area contributed by atoms with Crippen molar-refractivity contribution in [3.8, 4) is 5.75 Å². The summed E-state index contributed by atoms with van der Waals surface area (Å²) in [6.45, 7) is 11.5. The van der Waals surface area contributed by atoms with E-state index in [1.54, 1.807) is 0 Å². The highest BCUT2D eigenvalue weighted by Crippen LogP contribution is 2.25. The van der Waals surface area contributed by atoms with Crippen LogP contribution in [0.5, 0.6) is 5.75 Å². The van der Waals surface area contributed by atoms with Gasteiger partial charge in [-0.1, -0.05) is 18.2 Å². The number of carbonyl (C=O) groups excluding carboxylic acids is 1. The minimum Gasteiger partial charge on any atom is -0.489 e. The third kappa shape index (κ3) is 5.40. The van der Waals surface area contributed by atoms with Gasteiger partial charge in [-0.15, -0.1) is 0 Å². The average Bonchev–Trinajstić information content (AvgIpc) is 3.18. The van der Waals surface area contributed by atoms with E-state index in [-0.39, 0.29) is 18.1 Å². The normalized spacial score (nSPS) is 17.1. The molecule has 0 radical (unpaired) electrons. The molecule has 1 aromatic carbocycles. The van der Waals surface area contributed by atoms with E-state index in [1.165, 1.54) is 6.92 Å². The molecule has 3 rings (SSSR count). The molecule has 2 heterocycles. The molecule has 156 valence electrons. The van der Waals surface area contributed by atoms with Crippen molar-refractivity contribution in [2.24, 2.45) is 0 Å². The zero-order valence-electron chi connectivity index (χ0n) is 17.9. The molecule has 6 nitrogen and oxygen atoms in total. The van der Waals surface area contributed by atoms with E-state index >= 15 is 0 Å². The summed E-state index contributed by atoms with van der Waals surface area (Å²) in [5, 5.41) is 2.90. The Bertz CT molecular complexity index is 805. The predicted octanol–water partition coefficient (Wildman–Crippen LogP) is 3.78. The zero-order chi connectivity index (χ0) is 20.8. The number of anilines is 2. The fourth-order valence-electron chi connectivity index (χ4n) is 3.76. The van der Waals surface area contributed by atoms with Crippen LogP contribution < -0.4 is 19.9 Å². The Hall–Kier alpha value is -2.76. The van der Waals surface area contributed by atoms with Crippen LogP contribution >= 0.6 is 0 Å². The first-order valence-corrected chi connectivity index (χ1v) is 10.5. The first-order valence-electron chi connectivity index (χ1n) is 10.5. The summed E-state index contributed by atoms with van der Waals surface area (Å²) in [7, 11) is 0. The van der Waals surface area contributed by atoms with Crippen molar-refractivity contribution in [3.63, 3.8) is 0 Å². The van der Waals surface area contributed by atoms with Gasteiger partial charge >= 0.3 is 0 Å². The van der Waals surface area contributed by atoms with Gasteiger partial charge in [-0.25, -0.2) is 4.98 Å². The molecule has 2 aromatic rings. The van der Waals surface area contributed by atoms with Gasteiger partial charge in [0.2, 0.25) is 5.91 Å². The van der Waals surface area contributed by atoms with Crippen molar-refractivity contribution in [2.75, 3.05) is 36.0 Å². The summed E-state index contributed by atoms with van der Waals surface area (Å²) in [5.41, 5.74) is 1.07. The van der Waals surface area contributed by atoms with Crippen LogP contribution in [0.4, 0.5) is 11.6 Å². The van der Waals surface area contributed by atoms with Gasteiger partial charge in [0, 0.05) is 33.0 Å². The van der Waals surface area contributed by atoms with Crippen molar-refractivity contribution >= 4 is 17.5 Å². The number of pyridine rings is 1. The van der Waals surface area contributed by atoms with Gasteiger partial charge in [-0.3, -0.25) is 4.79 Å². The van der Waals surface area contributed by atoms with Crippen molar-refractivity contribution in [3.05, 3.63) is 48.0 Å². The van der Waals surface area contributed by atoms with E-state index < -0.39 is 0 Å². The maximum absolute atomic E-state index is 11.2. The lowest BCUT2D eigenvalue weighted by Crippen LogP contribution is -2.27. The molecule has 1 aliphatic rings. The molecule has 1 aromatic heterocycles. The van der Waals surface area contributed by atoms with E-state index in [2.05, 4.69) is 47.2 Å². The fraction of sp³-hybridized carbons (Fsp3) is 0.478. The summed E-state index contributed by atoms with van der Waals surface area (Å²) < 4.78 is 6.20. The first kappa shape index (κ1) is 21.0. The zero-order valence-corrected chi connectivity index (χ0v) is 17.9. The molecule has 29 heavy (non-hydrogen) atoms. The molecule has 0 aliphatic carbocycles. The van der Waals surface area contributed by atoms with E-state index in [0.29, 0.717) is 0 Å². The predicted molar refractivity (Wildman–Crippen MR) is 118 cm³/mol. The summed E-state index contributed by atoms with van der Waals surface area (Å²) in [6.07, 6.45) is 1.12. The first-order chi connectivity index (χ1) is 14.0. The van der Waals surface area contributed by atoms with Gasteiger partial charge in [-0.2, -0.15) is 0 Å². The SMILES string of the molecule is CCN(CC)c1cccc(N2CC[C@@H](Oc3ccc([C@H](C)NC(C)=O)cc3)C2)n1. The molecule has 1 fully saturated rings. The Kier molecular flexibility index (Phi) is 6.96. The van der Waals surface area contributed by atoms with Crippen LogP contribution in [0.25, 0.3) is 0 Å². The third-order valence-electron chi connectivity index (χ3n) is 5.38. The van der Waals surface area contributed by atoms with E-state index in [1.807, 2.05) is 31.2 Å². The van der Waals surface area contributed by atoms with E-state index in [9.17, 15) is 4.79 Å². The monoisotopic (exact) mass is 396 g/mol. The number of rotatable bonds is 8. The molecule has 0 bridgehead atoms. The fourth-order valence-corrected chi connectivity index (χ4v) is 3.76. The number of amides is 1. The highest BCUT2D eigenvalue weighted by molar-refractivity contribution is 5.73. The maximum Gasteiger partial charge on any atom is 0.217 e. The summed E-state index contributed by atoms with van der Waals surface area (Å²) in [6, 6.07) is 14.2. The molecular weight excluding hydrogens is 364 g/mol. The topological polar surface area (TPSA) is 57.7 Å². The van der Waals surface area contributed by atoms with Gasteiger partial charge in [0.25, 0.3) is 0 Å². The van der Waals surface area contributed by atoms with Crippen LogP contribution in [-0.2, 0) is 4.79 Å². The average molecular weight is 397 g/mol. The number of ether oxygens (including phenoxy) is 1. The molecule has 0 unspecified atom stereocenters. The number of aromatic nitrogens is 1. The van der Waals surface area contributed by atoms with E-state index in [0.717, 1.165) is 55.5 Å².